The van der Waals surface area contributed by atoms with Crippen molar-refractivity contribution in [3.05, 3.63) is 40.3 Å². The minimum Gasteiger partial charge on any atom is -0.465 e. The molecule has 7 heteroatoms. The summed E-state index contributed by atoms with van der Waals surface area (Å²) >= 11 is 0. The van der Waals surface area contributed by atoms with Crippen molar-refractivity contribution in [3.63, 3.8) is 0 Å². The van der Waals surface area contributed by atoms with E-state index in [1.54, 1.807) is 31.2 Å². The number of hydrogen-bond acceptors (Lipinski definition) is 5. The largest absolute Gasteiger partial charge is 0.465 e. The molecule has 0 aliphatic heterocycles. The molecule has 26 heavy (non-hydrogen) atoms. The van der Waals surface area contributed by atoms with E-state index in [9.17, 15) is 14.4 Å². The second-order valence-corrected chi connectivity index (χ2v) is 6.71. The van der Waals surface area contributed by atoms with Gasteiger partial charge in [-0.25, -0.2) is 4.68 Å². The summed E-state index contributed by atoms with van der Waals surface area (Å²) in [5.41, 5.74) is -0.0272. The van der Waals surface area contributed by atoms with Gasteiger partial charge in [0.1, 0.15) is 6.54 Å². The second-order valence-electron chi connectivity index (χ2n) is 6.71. The maximum atomic E-state index is 13.2. The smallest absolute Gasteiger partial charge is 0.325 e. The van der Waals surface area contributed by atoms with Crippen LogP contribution < -0.4 is 5.56 Å². The monoisotopic (exact) mass is 357 g/mol. The standard InChI is InChI=1S/C19H23N3O4/c1-4-26-16(23)11-21(13-9-10-13)19(25)17-14-7-5-6-8-15(14)18(24)22(20-17)12(2)3/h5-8,12-13H,4,9-11H2,1-3H3. The van der Waals surface area contributed by atoms with Gasteiger partial charge in [0.05, 0.1) is 18.0 Å². The molecule has 1 aromatic heterocycles. The Balaban J connectivity index is 2.07. The van der Waals surface area contributed by atoms with E-state index in [1.165, 1.54) is 9.58 Å². The van der Waals surface area contributed by atoms with E-state index < -0.39 is 5.97 Å². The zero-order valence-corrected chi connectivity index (χ0v) is 15.3. The summed E-state index contributed by atoms with van der Waals surface area (Å²) in [7, 11) is 0. The molecule has 0 unspecified atom stereocenters. The Bertz CT molecular complexity index is 899. The lowest BCUT2D eigenvalue weighted by molar-refractivity contribution is -0.144. The Morgan fingerprint density at radius 2 is 1.92 bits per heavy atom. The van der Waals surface area contributed by atoms with E-state index in [-0.39, 0.29) is 42.4 Å². The van der Waals surface area contributed by atoms with Gasteiger partial charge in [0.25, 0.3) is 11.5 Å². The number of aromatic nitrogens is 2. The third-order valence-corrected chi connectivity index (χ3v) is 4.37. The zero-order chi connectivity index (χ0) is 18.8. The zero-order valence-electron chi connectivity index (χ0n) is 15.3. The number of esters is 1. The maximum Gasteiger partial charge on any atom is 0.325 e. The molecule has 7 nitrogen and oxygen atoms in total. The van der Waals surface area contributed by atoms with Crippen LogP contribution in [0.1, 0.15) is 50.1 Å². The van der Waals surface area contributed by atoms with Crippen LogP contribution in [0, 0.1) is 0 Å². The average molecular weight is 357 g/mol. The maximum absolute atomic E-state index is 13.2. The summed E-state index contributed by atoms with van der Waals surface area (Å²) in [6.45, 7) is 5.58. The summed E-state index contributed by atoms with van der Waals surface area (Å²) in [4.78, 5) is 39.3. The highest BCUT2D eigenvalue weighted by Gasteiger charge is 2.36. The molecule has 0 N–H and O–H groups in total. The van der Waals surface area contributed by atoms with Crippen molar-refractivity contribution < 1.29 is 14.3 Å². The van der Waals surface area contributed by atoms with Crippen molar-refractivity contribution >= 4 is 22.6 Å². The molecule has 1 aromatic carbocycles. The molecule has 0 spiro atoms. The van der Waals surface area contributed by atoms with Gasteiger partial charge in [-0.2, -0.15) is 5.10 Å². The third kappa shape index (κ3) is 3.47. The first-order valence-corrected chi connectivity index (χ1v) is 8.92. The van der Waals surface area contributed by atoms with Gasteiger partial charge < -0.3 is 9.64 Å². The van der Waals surface area contributed by atoms with Gasteiger partial charge in [0.2, 0.25) is 0 Å². The topological polar surface area (TPSA) is 81.5 Å². The Kier molecular flexibility index (Phi) is 5.06. The van der Waals surface area contributed by atoms with Gasteiger partial charge >= 0.3 is 5.97 Å². The van der Waals surface area contributed by atoms with E-state index in [0.717, 1.165) is 12.8 Å². The number of ether oxygens (including phenoxy) is 1. The molecule has 3 rings (SSSR count). The molecule has 0 saturated heterocycles. The summed E-state index contributed by atoms with van der Waals surface area (Å²) in [5.74, 6) is -0.777. The number of amides is 1. The number of benzene rings is 1. The molecule has 1 amide bonds. The second kappa shape index (κ2) is 7.27. The lowest BCUT2D eigenvalue weighted by Gasteiger charge is -2.22. The molecule has 1 aliphatic rings. The summed E-state index contributed by atoms with van der Waals surface area (Å²) < 4.78 is 6.32. The van der Waals surface area contributed by atoms with Crippen molar-refractivity contribution in [3.8, 4) is 0 Å². The first kappa shape index (κ1) is 18.1. The lowest BCUT2D eigenvalue weighted by Crippen LogP contribution is -2.40. The predicted octanol–water partition coefficient (Wildman–Crippen LogP) is 2.15. The van der Waals surface area contributed by atoms with Crippen LogP contribution in [0.4, 0.5) is 0 Å². The van der Waals surface area contributed by atoms with E-state index in [2.05, 4.69) is 5.10 Å². The van der Waals surface area contributed by atoms with E-state index in [1.807, 2.05) is 13.8 Å². The molecular formula is C19H23N3O4. The minimum absolute atomic E-state index is 0.0203. The average Bonchev–Trinajstić information content (AvgIpc) is 3.44. The van der Waals surface area contributed by atoms with Crippen molar-refractivity contribution in [2.75, 3.05) is 13.2 Å². The fraction of sp³-hybridized carbons (Fsp3) is 0.474. The third-order valence-electron chi connectivity index (χ3n) is 4.37. The fourth-order valence-electron chi connectivity index (χ4n) is 2.95. The van der Waals surface area contributed by atoms with Crippen LogP contribution in [0.5, 0.6) is 0 Å². The fourth-order valence-corrected chi connectivity index (χ4v) is 2.95. The highest BCUT2D eigenvalue weighted by Crippen LogP contribution is 2.29. The molecule has 1 heterocycles. The van der Waals surface area contributed by atoms with Crippen LogP contribution in [-0.2, 0) is 9.53 Å². The quantitative estimate of drug-likeness (QED) is 0.740. The summed E-state index contributed by atoms with van der Waals surface area (Å²) in [6.07, 6.45) is 1.71. The van der Waals surface area contributed by atoms with Gasteiger partial charge in [-0.05, 0) is 39.7 Å². The van der Waals surface area contributed by atoms with Crippen molar-refractivity contribution in [1.82, 2.24) is 14.7 Å². The van der Waals surface area contributed by atoms with Crippen molar-refractivity contribution in [1.29, 1.82) is 0 Å². The van der Waals surface area contributed by atoms with Gasteiger partial charge in [-0.15, -0.1) is 0 Å². The lowest BCUT2D eigenvalue weighted by atomic mass is 10.1. The van der Waals surface area contributed by atoms with E-state index >= 15 is 0 Å². The van der Waals surface area contributed by atoms with Gasteiger partial charge in [0.15, 0.2) is 5.69 Å². The Labute approximate surface area is 151 Å². The Hall–Kier alpha value is -2.70. The Morgan fingerprint density at radius 3 is 2.50 bits per heavy atom. The number of carbonyl (C=O) groups is 2. The minimum atomic E-state index is -0.436. The molecule has 0 bridgehead atoms. The van der Waals surface area contributed by atoms with Gasteiger partial charge in [-0.3, -0.25) is 14.4 Å². The van der Waals surface area contributed by atoms with Gasteiger partial charge in [0, 0.05) is 11.4 Å². The molecule has 1 fully saturated rings. The first-order valence-electron chi connectivity index (χ1n) is 8.92. The van der Waals surface area contributed by atoms with Crippen molar-refractivity contribution in [2.24, 2.45) is 0 Å². The number of fused-ring (bicyclic) bond motifs is 1. The molecule has 0 atom stereocenters. The number of rotatable bonds is 6. The molecule has 138 valence electrons. The molecule has 1 aliphatic carbocycles. The molecule has 1 saturated carbocycles. The molecule has 2 aromatic rings. The summed E-state index contributed by atoms with van der Waals surface area (Å²) in [6, 6.07) is 6.79. The number of nitrogens with zero attached hydrogens (tertiary/aromatic N) is 3. The predicted molar refractivity (Wildman–Crippen MR) is 97.1 cm³/mol. The van der Waals surface area contributed by atoms with Gasteiger partial charge in [-0.1, -0.05) is 18.2 Å². The number of carbonyl (C=O) groups excluding carboxylic acids is 2. The van der Waals surface area contributed by atoms with Crippen LogP contribution in [0.3, 0.4) is 0 Å². The normalized spacial score (nSPS) is 13.8. The first-order chi connectivity index (χ1) is 12.4. The number of hydrogen-bond donors (Lipinski definition) is 0. The highest BCUT2D eigenvalue weighted by atomic mass is 16.5. The Morgan fingerprint density at radius 1 is 1.27 bits per heavy atom. The van der Waals surface area contributed by atoms with E-state index in [0.29, 0.717) is 10.8 Å². The summed E-state index contributed by atoms with van der Waals surface area (Å²) in [5, 5.41) is 5.30. The van der Waals surface area contributed by atoms with E-state index in [4.69, 9.17) is 4.74 Å². The van der Waals surface area contributed by atoms with Crippen LogP contribution in [0.2, 0.25) is 0 Å². The van der Waals surface area contributed by atoms with Crippen LogP contribution in [0.15, 0.2) is 29.1 Å². The molecule has 0 radical (unpaired) electrons. The highest BCUT2D eigenvalue weighted by molar-refractivity contribution is 6.05. The van der Waals surface area contributed by atoms with Crippen molar-refractivity contribution in [2.45, 2.75) is 45.7 Å². The van der Waals surface area contributed by atoms with Crippen LogP contribution in [-0.4, -0.2) is 45.8 Å². The molecular weight excluding hydrogens is 334 g/mol. The van der Waals surface area contributed by atoms with Crippen LogP contribution in [0.25, 0.3) is 10.8 Å². The van der Waals surface area contributed by atoms with Crippen LogP contribution >= 0.6 is 0 Å². The SMILES string of the molecule is CCOC(=O)CN(C(=O)c1nn(C(C)C)c(=O)c2ccccc12)C1CC1.